The fourth-order valence-electron chi connectivity index (χ4n) is 1.95. The molecule has 0 atom stereocenters. The maximum atomic E-state index is 12.1. The zero-order valence-electron chi connectivity index (χ0n) is 13.5. The SMILES string of the molecule is COc1ccc(C(=O)N(C)C)cc1NC(=O)C=Cc1ccc(I)o1. The molecule has 7 heteroatoms. The van der Waals surface area contributed by atoms with Gasteiger partial charge in [0.15, 0.2) is 3.77 Å². The van der Waals surface area contributed by atoms with E-state index >= 15 is 0 Å². The second-order valence-electron chi connectivity index (χ2n) is 5.08. The van der Waals surface area contributed by atoms with Crippen molar-refractivity contribution in [3.05, 3.63) is 51.5 Å². The second kappa shape index (κ2) is 8.00. The third-order valence-corrected chi connectivity index (χ3v) is 3.68. The minimum absolute atomic E-state index is 0.158. The van der Waals surface area contributed by atoms with Gasteiger partial charge >= 0.3 is 0 Å². The van der Waals surface area contributed by atoms with Crippen LogP contribution in [0.15, 0.2) is 40.8 Å². The smallest absolute Gasteiger partial charge is 0.253 e. The summed E-state index contributed by atoms with van der Waals surface area (Å²) in [6.07, 6.45) is 2.92. The van der Waals surface area contributed by atoms with Crippen molar-refractivity contribution >= 4 is 46.2 Å². The first-order valence-corrected chi connectivity index (χ1v) is 8.12. The summed E-state index contributed by atoms with van der Waals surface area (Å²) in [7, 11) is 4.83. The molecular formula is C17H17IN2O4. The molecule has 1 aromatic carbocycles. The summed E-state index contributed by atoms with van der Waals surface area (Å²) in [4.78, 5) is 25.6. The largest absolute Gasteiger partial charge is 0.495 e. The molecule has 2 amide bonds. The monoisotopic (exact) mass is 440 g/mol. The van der Waals surface area contributed by atoms with Gasteiger partial charge in [0.2, 0.25) is 5.91 Å². The molecule has 0 radical (unpaired) electrons. The van der Waals surface area contributed by atoms with Crippen LogP contribution in [0, 0.1) is 3.77 Å². The highest BCUT2D eigenvalue weighted by molar-refractivity contribution is 14.1. The molecule has 1 aromatic heterocycles. The van der Waals surface area contributed by atoms with Gasteiger partial charge in [0, 0.05) is 25.7 Å². The molecule has 2 aromatic rings. The van der Waals surface area contributed by atoms with Crippen LogP contribution in [0.3, 0.4) is 0 Å². The normalized spacial score (nSPS) is 10.7. The Morgan fingerprint density at radius 3 is 2.58 bits per heavy atom. The van der Waals surface area contributed by atoms with Crippen molar-refractivity contribution in [2.24, 2.45) is 0 Å². The Hall–Kier alpha value is -2.29. The zero-order chi connectivity index (χ0) is 17.7. The first-order chi connectivity index (χ1) is 11.4. The van der Waals surface area contributed by atoms with Gasteiger partial charge in [0.25, 0.3) is 5.91 Å². The molecule has 0 bridgehead atoms. The van der Waals surface area contributed by atoms with Crippen LogP contribution in [0.2, 0.25) is 0 Å². The number of rotatable bonds is 5. The molecule has 24 heavy (non-hydrogen) atoms. The summed E-state index contributed by atoms with van der Waals surface area (Å²) < 4.78 is 11.3. The summed E-state index contributed by atoms with van der Waals surface area (Å²) in [5, 5.41) is 2.71. The van der Waals surface area contributed by atoms with E-state index in [2.05, 4.69) is 5.32 Å². The van der Waals surface area contributed by atoms with Gasteiger partial charge in [-0.15, -0.1) is 0 Å². The van der Waals surface area contributed by atoms with Crippen LogP contribution in [0.1, 0.15) is 16.1 Å². The van der Waals surface area contributed by atoms with E-state index in [4.69, 9.17) is 9.15 Å². The topological polar surface area (TPSA) is 71.8 Å². The van der Waals surface area contributed by atoms with Crippen molar-refractivity contribution < 1.29 is 18.7 Å². The Morgan fingerprint density at radius 1 is 1.25 bits per heavy atom. The van der Waals surface area contributed by atoms with Gasteiger partial charge in [-0.1, -0.05) is 0 Å². The second-order valence-corrected chi connectivity index (χ2v) is 6.14. The Balaban J connectivity index is 2.17. The number of benzene rings is 1. The van der Waals surface area contributed by atoms with Gasteiger partial charge in [-0.3, -0.25) is 9.59 Å². The highest BCUT2D eigenvalue weighted by Crippen LogP contribution is 2.26. The lowest BCUT2D eigenvalue weighted by Crippen LogP contribution is -2.22. The summed E-state index contributed by atoms with van der Waals surface area (Å²) in [5.41, 5.74) is 0.884. The number of halogens is 1. The molecule has 6 nitrogen and oxygen atoms in total. The molecule has 0 spiro atoms. The molecule has 0 unspecified atom stereocenters. The van der Waals surface area contributed by atoms with Gasteiger partial charge in [-0.05, 0) is 59.0 Å². The fourth-order valence-corrected chi connectivity index (χ4v) is 2.38. The minimum Gasteiger partial charge on any atom is -0.495 e. The van der Waals surface area contributed by atoms with Crippen LogP contribution >= 0.6 is 22.6 Å². The number of hydrogen-bond acceptors (Lipinski definition) is 4. The Kier molecular flexibility index (Phi) is 6.02. The molecule has 0 aliphatic rings. The van der Waals surface area contributed by atoms with Crippen molar-refractivity contribution in [3.63, 3.8) is 0 Å². The van der Waals surface area contributed by atoms with E-state index in [1.807, 2.05) is 22.6 Å². The number of carbonyl (C=O) groups is 2. The van der Waals surface area contributed by atoms with Gasteiger partial charge in [-0.25, -0.2) is 0 Å². The van der Waals surface area contributed by atoms with Gasteiger partial charge in [0.1, 0.15) is 11.5 Å². The van der Waals surface area contributed by atoms with E-state index in [1.54, 1.807) is 50.5 Å². The van der Waals surface area contributed by atoms with Crippen LogP contribution in [0.5, 0.6) is 5.75 Å². The first kappa shape index (κ1) is 18.1. The lowest BCUT2D eigenvalue weighted by molar-refractivity contribution is -0.111. The van der Waals surface area contributed by atoms with E-state index in [-0.39, 0.29) is 11.8 Å². The molecule has 1 N–H and O–H groups in total. The minimum atomic E-state index is -0.353. The van der Waals surface area contributed by atoms with Crippen molar-refractivity contribution in [2.45, 2.75) is 0 Å². The number of nitrogens with zero attached hydrogens (tertiary/aromatic N) is 1. The molecule has 0 saturated heterocycles. The maximum absolute atomic E-state index is 12.1. The quantitative estimate of drug-likeness (QED) is 0.573. The van der Waals surface area contributed by atoms with Gasteiger partial charge < -0.3 is 19.4 Å². The number of anilines is 1. The third-order valence-electron chi connectivity index (χ3n) is 3.10. The molecule has 0 aliphatic carbocycles. The van der Waals surface area contributed by atoms with Crippen molar-refractivity contribution in [1.29, 1.82) is 0 Å². The van der Waals surface area contributed by atoms with Gasteiger partial charge in [-0.2, -0.15) is 0 Å². The summed E-state index contributed by atoms with van der Waals surface area (Å²) in [5.74, 6) is 0.542. The number of methoxy groups -OCH3 is 1. The Labute approximate surface area is 153 Å². The van der Waals surface area contributed by atoms with E-state index in [0.717, 1.165) is 3.77 Å². The number of ether oxygens (including phenoxy) is 1. The standard InChI is InChI=1S/C17H17IN2O4/c1-20(2)17(22)11-4-7-14(23-3)13(10-11)19-16(21)9-6-12-5-8-15(18)24-12/h4-10H,1-3H3,(H,19,21). The number of nitrogens with one attached hydrogen (secondary N) is 1. The average molecular weight is 440 g/mol. The van der Waals surface area contributed by atoms with Crippen LogP contribution < -0.4 is 10.1 Å². The first-order valence-electron chi connectivity index (χ1n) is 7.05. The lowest BCUT2D eigenvalue weighted by Gasteiger charge is -2.13. The van der Waals surface area contributed by atoms with Gasteiger partial charge in [0.05, 0.1) is 12.8 Å². The number of hydrogen-bond donors (Lipinski definition) is 1. The highest BCUT2D eigenvalue weighted by atomic mass is 127. The molecule has 0 fully saturated rings. The molecule has 1 heterocycles. The van der Waals surface area contributed by atoms with E-state index < -0.39 is 0 Å². The number of furan rings is 1. The molecule has 0 saturated carbocycles. The van der Waals surface area contributed by atoms with Crippen molar-refractivity contribution in [2.75, 3.05) is 26.5 Å². The molecular weight excluding hydrogens is 423 g/mol. The predicted octanol–water partition coefficient (Wildman–Crippen LogP) is 3.25. The Morgan fingerprint density at radius 2 is 2.00 bits per heavy atom. The third kappa shape index (κ3) is 4.60. The summed E-state index contributed by atoms with van der Waals surface area (Å²) >= 11 is 2.05. The van der Waals surface area contributed by atoms with E-state index in [1.165, 1.54) is 18.1 Å². The predicted molar refractivity (Wildman–Crippen MR) is 100 cm³/mol. The summed E-state index contributed by atoms with van der Waals surface area (Å²) in [6.45, 7) is 0. The highest BCUT2D eigenvalue weighted by Gasteiger charge is 2.13. The number of carbonyl (C=O) groups excluding carboxylic acids is 2. The Bertz CT molecular complexity index is 781. The maximum Gasteiger partial charge on any atom is 0.253 e. The zero-order valence-corrected chi connectivity index (χ0v) is 15.7. The van der Waals surface area contributed by atoms with Crippen molar-refractivity contribution in [3.8, 4) is 5.75 Å². The number of amides is 2. The van der Waals surface area contributed by atoms with E-state index in [9.17, 15) is 9.59 Å². The molecule has 0 aliphatic heterocycles. The molecule has 126 valence electrons. The lowest BCUT2D eigenvalue weighted by atomic mass is 10.1. The van der Waals surface area contributed by atoms with Crippen LogP contribution in [0.4, 0.5) is 5.69 Å². The van der Waals surface area contributed by atoms with Crippen molar-refractivity contribution in [1.82, 2.24) is 4.90 Å². The van der Waals surface area contributed by atoms with Crippen LogP contribution in [-0.4, -0.2) is 37.9 Å². The van der Waals surface area contributed by atoms with Crippen LogP contribution in [0.25, 0.3) is 6.08 Å². The fraction of sp³-hybridized carbons (Fsp3) is 0.176. The molecule has 2 rings (SSSR count). The van der Waals surface area contributed by atoms with E-state index in [0.29, 0.717) is 22.8 Å². The average Bonchev–Trinajstić information content (AvgIpc) is 2.97. The summed E-state index contributed by atoms with van der Waals surface area (Å²) in [6, 6.07) is 8.45. The van der Waals surface area contributed by atoms with Crippen LogP contribution in [-0.2, 0) is 4.79 Å².